The highest BCUT2D eigenvalue weighted by molar-refractivity contribution is 7.91. The van der Waals surface area contributed by atoms with Gasteiger partial charge in [0.05, 0.1) is 30.9 Å². The van der Waals surface area contributed by atoms with Crippen molar-refractivity contribution in [3.05, 3.63) is 54.0 Å². The van der Waals surface area contributed by atoms with Crippen molar-refractivity contribution >= 4 is 15.7 Å². The first-order chi connectivity index (χ1) is 12.5. The van der Waals surface area contributed by atoms with E-state index in [-0.39, 0.29) is 30.0 Å². The van der Waals surface area contributed by atoms with Crippen molar-refractivity contribution in [2.24, 2.45) is 0 Å². The molecule has 0 unspecified atom stereocenters. The highest BCUT2D eigenvalue weighted by Gasteiger charge is 2.35. The van der Waals surface area contributed by atoms with Crippen LogP contribution in [0.2, 0.25) is 0 Å². The first-order valence-electron chi connectivity index (χ1n) is 8.75. The Hall–Kier alpha value is -2.28. The van der Waals surface area contributed by atoms with Crippen LogP contribution in [0.3, 0.4) is 0 Å². The lowest BCUT2D eigenvalue weighted by molar-refractivity contribution is 0.0666. The lowest BCUT2D eigenvalue weighted by Crippen LogP contribution is -2.40. The smallest absolute Gasteiger partial charge is 0.254 e. The highest BCUT2D eigenvalue weighted by Crippen LogP contribution is 2.23. The van der Waals surface area contributed by atoms with E-state index in [0.29, 0.717) is 30.1 Å². The van der Waals surface area contributed by atoms with Crippen LogP contribution in [0.15, 0.2) is 47.1 Å². The summed E-state index contributed by atoms with van der Waals surface area (Å²) < 4.78 is 34.7. The molecule has 1 aliphatic heterocycles. The summed E-state index contributed by atoms with van der Waals surface area (Å²) in [4.78, 5) is 14.6. The minimum atomic E-state index is -3.10. The average molecular weight is 377 g/mol. The van der Waals surface area contributed by atoms with E-state index in [0.717, 1.165) is 6.42 Å². The molecular weight excluding hydrogens is 354 g/mol. The number of hydrogen-bond acceptors (Lipinski definition) is 5. The molecule has 7 heteroatoms. The molecular formula is C19H23NO5S. The molecule has 3 rings (SSSR count). The van der Waals surface area contributed by atoms with Crippen molar-refractivity contribution < 1.29 is 22.4 Å². The molecule has 0 radical (unpaired) electrons. The summed E-state index contributed by atoms with van der Waals surface area (Å²) in [5.74, 6) is 1.25. The highest BCUT2D eigenvalue weighted by atomic mass is 32.2. The Kier molecular flexibility index (Phi) is 5.66. The van der Waals surface area contributed by atoms with Gasteiger partial charge in [-0.3, -0.25) is 4.79 Å². The van der Waals surface area contributed by atoms with E-state index in [1.165, 1.54) is 0 Å². The minimum absolute atomic E-state index is 0.00283. The van der Waals surface area contributed by atoms with Crippen molar-refractivity contribution in [2.75, 3.05) is 18.1 Å². The van der Waals surface area contributed by atoms with E-state index in [9.17, 15) is 13.2 Å². The Balaban J connectivity index is 1.80. The second-order valence-corrected chi connectivity index (χ2v) is 8.67. The topological polar surface area (TPSA) is 76.8 Å². The molecule has 0 bridgehead atoms. The van der Waals surface area contributed by atoms with Crippen molar-refractivity contribution in [1.29, 1.82) is 0 Å². The van der Waals surface area contributed by atoms with Gasteiger partial charge in [-0.05, 0) is 49.2 Å². The summed E-state index contributed by atoms with van der Waals surface area (Å²) in [6.45, 7) is 2.90. The Labute approximate surface area is 153 Å². The number of rotatable bonds is 7. The third-order valence-corrected chi connectivity index (χ3v) is 6.14. The summed E-state index contributed by atoms with van der Waals surface area (Å²) in [6, 6.07) is 10.2. The number of sulfone groups is 1. The molecule has 1 aromatic carbocycles. The molecule has 1 fully saturated rings. The molecule has 1 aliphatic rings. The number of ether oxygens (including phenoxy) is 1. The van der Waals surface area contributed by atoms with Crippen LogP contribution in [0, 0.1) is 0 Å². The Morgan fingerprint density at radius 2 is 2.04 bits per heavy atom. The lowest BCUT2D eigenvalue weighted by Gasteiger charge is -2.27. The number of hydrogen-bond donors (Lipinski definition) is 0. The van der Waals surface area contributed by atoms with Gasteiger partial charge in [0.1, 0.15) is 11.5 Å². The van der Waals surface area contributed by atoms with Gasteiger partial charge < -0.3 is 14.1 Å². The van der Waals surface area contributed by atoms with Crippen LogP contribution in [0.1, 0.15) is 35.9 Å². The van der Waals surface area contributed by atoms with Gasteiger partial charge in [0.15, 0.2) is 9.84 Å². The van der Waals surface area contributed by atoms with Crippen LogP contribution >= 0.6 is 0 Å². The van der Waals surface area contributed by atoms with Crippen LogP contribution in [0.25, 0.3) is 0 Å². The van der Waals surface area contributed by atoms with Gasteiger partial charge in [-0.15, -0.1) is 0 Å². The van der Waals surface area contributed by atoms with E-state index in [1.54, 1.807) is 47.6 Å². The summed E-state index contributed by atoms with van der Waals surface area (Å²) >= 11 is 0. The number of benzene rings is 1. The minimum Gasteiger partial charge on any atom is -0.494 e. The van der Waals surface area contributed by atoms with Gasteiger partial charge in [0.25, 0.3) is 5.91 Å². The van der Waals surface area contributed by atoms with Gasteiger partial charge in [0, 0.05) is 11.6 Å². The van der Waals surface area contributed by atoms with E-state index in [2.05, 4.69) is 0 Å². The normalized spacial score (nSPS) is 18.6. The molecule has 140 valence electrons. The van der Waals surface area contributed by atoms with Crippen LogP contribution < -0.4 is 4.74 Å². The van der Waals surface area contributed by atoms with E-state index >= 15 is 0 Å². The van der Waals surface area contributed by atoms with Crippen LogP contribution in [-0.4, -0.2) is 43.4 Å². The van der Waals surface area contributed by atoms with Gasteiger partial charge in [-0.2, -0.15) is 0 Å². The second-order valence-electron chi connectivity index (χ2n) is 6.44. The average Bonchev–Trinajstić information content (AvgIpc) is 3.27. The van der Waals surface area contributed by atoms with Crippen molar-refractivity contribution in [3.63, 3.8) is 0 Å². The summed E-state index contributed by atoms with van der Waals surface area (Å²) in [5, 5.41) is 0. The Morgan fingerprint density at radius 1 is 1.27 bits per heavy atom. The summed E-state index contributed by atoms with van der Waals surface area (Å²) in [7, 11) is -3.10. The predicted octanol–water partition coefficient (Wildman–Crippen LogP) is 2.90. The Bertz CT molecular complexity index is 827. The van der Waals surface area contributed by atoms with Crippen LogP contribution in [0.5, 0.6) is 5.75 Å². The van der Waals surface area contributed by atoms with Gasteiger partial charge >= 0.3 is 0 Å². The molecule has 6 nitrogen and oxygen atoms in total. The zero-order chi connectivity index (χ0) is 18.6. The van der Waals surface area contributed by atoms with E-state index in [1.807, 2.05) is 6.92 Å². The molecule has 0 spiro atoms. The van der Waals surface area contributed by atoms with Crippen molar-refractivity contribution in [1.82, 2.24) is 4.90 Å². The van der Waals surface area contributed by atoms with Gasteiger partial charge in [-0.1, -0.05) is 6.92 Å². The van der Waals surface area contributed by atoms with Crippen LogP contribution in [-0.2, 0) is 16.4 Å². The standard InChI is InChI=1S/C19H23NO5S/c1-2-10-24-17-7-5-15(6-8-17)19(21)20(13-18-4-3-11-25-18)16-9-12-26(22,23)14-16/h3-8,11,16H,2,9-10,12-14H2,1H3/t16-/m1/s1. The zero-order valence-corrected chi connectivity index (χ0v) is 15.6. The number of nitrogens with zero attached hydrogens (tertiary/aromatic N) is 1. The van der Waals surface area contributed by atoms with Crippen molar-refractivity contribution in [3.8, 4) is 5.75 Å². The van der Waals surface area contributed by atoms with Gasteiger partial charge in [0.2, 0.25) is 0 Å². The summed E-state index contributed by atoms with van der Waals surface area (Å²) in [5.41, 5.74) is 0.504. The molecule has 1 atom stereocenters. The zero-order valence-electron chi connectivity index (χ0n) is 14.8. The molecule has 1 amide bonds. The molecule has 26 heavy (non-hydrogen) atoms. The third-order valence-electron chi connectivity index (χ3n) is 4.39. The number of amides is 1. The van der Waals surface area contributed by atoms with Crippen LogP contribution in [0.4, 0.5) is 0 Å². The largest absolute Gasteiger partial charge is 0.494 e. The lowest BCUT2D eigenvalue weighted by atomic mass is 10.1. The molecule has 0 aliphatic carbocycles. The number of furan rings is 1. The fraction of sp³-hybridized carbons (Fsp3) is 0.421. The quantitative estimate of drug-likeness (QED) is 0.741. The SMILES string of the molecule is CCCOc1ccc(C(=O)N(Cc2ccco2)[C@@H]2CCS(=O)(=O)C2)cc1. The molecule has 2 aromatic rings. The maximum atomic E-state index is 13.0. The molecule has 2 heterocycles. The fourth-order valence-electron chi connectivity index (χ4n) is 3.04. The molecule has 0 N–H and O–H groups in total. The Morgan fingerprint density at radius 3 is 2.62 bits per heavy atom. The number of carbonyl (C=O) groups excluding carboxylic acids is 1. The monoisotopic (exact) mass is 377 g/mol. The molecule has 0 saturated carbocycles. The number of carbonyl (C=O) groups is 1. The predicted molar refractivity (Wildman–Crippen MR) is 97.9 cm³/mol. The van der Waals surface area contributed by atoms with E-state index < -0.39 is 9.84 Å². The second kappa shape index (κ2) is 7.95. The van der Waals surface area contributed by atoms with Gasteiger partial charge in [-0.25, -0.2) is 8.42 Å². The van der Waals surface area contributed by atoms with Crippen molar-refractivity contribution in [2.45, 2.75) is 32.4 Å². The molecule has 1 aromatic heterocycles. The molecule has 1 saturated heterocycles. The van der Waals surface area contributed by atoms with E-state index in [4.69, 9.17) is 9.15 Å². The maximum absolute atomic E-state index is 13.0. The third kappa shape index (κ3) is 4.46. The summed E-state index contributed by atoms with van der Waals surface area (Å²) in [6.07, 6.45) is 2.91. The maximum Gasteiger partial charge on any atom is 0.254 e. The first kappa shape index (κ1) is 18.5. The first-order valence-corrected chi connectivity index (χ1v) is 10.6. The fourth-order valence-corrected chi connectivity index (χ4v) is 4.77.